The zero-order valence-electron chi connectivity index (χ0n) is 11.1. The number of rotatable bonds is 4. The number of nitrogens with two attached hydrogens (primary N) is 1. The van der Waals surface area contributed by atoms with Gasteiger partial charge in [-0.05, 0) is 25.7 Å². The molecule has 5 heteroatoms. The zero-order valence-corrected chi connectivity index (χ0v) is 11.9. The van der Waals surface area contributed by atoms with Gasteiger partial charge in [0.05, 0.1) is 5.54 Å². The van der Waals surface area contributed by atoms with Crippen LogP contribution in [0.1, 0.15) is 46.4 Å². The van der Waals surface area contributed by atoms with Gasteiger partial charge in [-0.2, -0.15) is 4.37 Å². The second kappa shape index (κ2) is 4.21. The summed E-state index contributed by atoms with van der Waals surface area (Å²) in [6.07, 6.45) is 2.54. The molecular weight excluding hydrogens is 232 g/mol. The highest BCUT2D eigenvalue weighted by atomic mass is 32.1. The van der Waals surface area contributed by atoms with Gasteiger partial charge in [0.2, 0.25) is 5.13 Å². The molecule has 4 nitrogen and oxygen atoms in total. The van der Waals surface area contributed by atoms with Crippen molar-refractivity contribution in [3.05, 3.63) is 5.82 Å². The SMILES string of the molecule is CC(C)(C)c1nsc(NC(C)(CN)C2CC2)n1. The van der Waals surface area contributed by atoms with Gasteiger partial charge in [-0.1, -0.05) is 20.8 Å². The summed E-state index contributed by atoms with van der Waals surface area (Å²) in [5, 5.41) is 4.38. The van der Waals surface area contributed by atoms with Gasteiger partial charge in [0, 0.05) is 23.5 Å². The molecule has 1 aliphatic rings. The third-order valence-corrected chi connectivity index (χ3v) is 4.02. The highest BCUT2D eigenvalue weighted by Crippen LogP contribution is 2.41. The van der Waals surface area contributed by atoms with E-state index in [0.717, 1.165) is 11.0 Å². The van der Waals surface area contributed by atoms with Crippen LogP contribution in [0.2, 0.25) is 0 Å². The van der Waals surface area contributed by atoms with Crippen molar-refractivity contribution in [2.75, 3.05) is 11.9 Å². The van der Waals surface area contributed by atoms with Crippen LogP contribution in [0.15, 0.2) is 0 Å². The normalized spacial score (nSPS) is 20.1. The Hall–Kier alpha value is -0.680. The van der Waals surface area contributed by atoms with Crippen LogP contribution in [0.25, 0.3) is 0 Å². The molecule has 0 saturated heterocycles. The molecule has 1 fully saturated rings. The van der Waals surface area contributed by atoms with Crippen LogP contribution in [-0.2, 0) is 5.41 Å². The first-order valence-corrected chi connectivity index (χ1v) is 6.95. The van der Waals surface area contributed by atoms with E-state index in [1.807, 2.05) is 0 Å². The maximum Gasteiger partial charge on any atom is 0.203 e. The predicted molar refractivity (Wildman–Crippen MR) is 72.4 cm³/mol. The van der Waals surface area contributed by atoms with E-state index in [1.165, 1.54) is 24.4 Å². The lowest BCUT2D eigenvalue weighted by Gasteiger charge is -2.29. The van der Waals surface area contributed by atoms with Crippen LogP contribution in [-0.4, -0.2) is 21.4 Å². The Kier molecular flexibility index (Phi) is 3.16. The van der Waals surface area contributed by atoms with Crippen molar-refractivity contribution >= 4 is 16.7 Å². The van der Waals surface area contributed by atoms with E-state index in [9.17, 15) is 0 Å². The summed E-state index contributed by atoms with van der Waals surface area (Å²) in [5.41, 5.74) is 5.87. The molecule has 0 amide bonds. The number of nitrogens with one attached hydrogen (secondary N) is 1. The van der Waals surface area contributed by atoms with Gasteiger partial charge in [0.1, 0.15) is 5.82 Å². The Morgan fingerprint density at radius 3 is 2.41 bits per heavy atom. The topological polar surface area (TPSA) is 63.8 Å². The van der Waals surface area contributed by atoms with Crippen LogP contribution in [0.5, 0.6) is 0 Å². The summed E-state index contributed by atoms with van der Waals surface area (Å²) < 4.78 is 4.41. The zero-order chi connectivity index (χ0) is 12.7. The number of aromatic nitrogens is 2. The molecule has 0 radical (unpaired) electrons. The summed E-state index contributed by atoms with van der Waals surface area (Å²) in [5.74, 6) is 1.59. The maximum atomic E-state index is 5.88. The summed E-state index contributed by atoms with van der Waals surface area (Å²) in [6.45, 7) is 9.20. The Balaban J connectivity index is 2.10. The Bertz CT molecular complexity index is 391. The van der Waals surface area contributed by atoms with Crippen molar-refractivity contribution < 1.29 is 0 Å². The van der Waals surface area contributed by atoms with Crippen molar-refractivity contribution in [3.8, 4) is 0 Å². The van der Waals surface area contributed by atoms with Crippen molar-refractivity contribution in [3.63, 3.8) is 0 Å². The van der Waals surface area contributed by atoms with Crippen LogP contribution in [0.3, 0.4) is 0 Å². The average Bonchev–Trinajstić information content (AvgIpc) is 2.99. The summed E-state index contributed by atoms with van der Waals surface area (Å²) in [4.78, 5) is 4.57. The van der Waals surface area contributed by atoms with Crippen molar-refractivity contribution in [1.82, 2.24) is 9.36 Å². The fourth-order valence-corrected chi connectivity index (χ4v) is 2.76. The van der Waals surface area contributed by atoms with Crippen molar-refractivity contribution in [2.24, 2.45) is 11.7 Å². The van der Waals surface area contributed by atoms with E-state index in [-0.39, 0.29) is 11.0 Å². The van der Waals surface area contributed by atoms with Gasteiger partial charge >= 0.3 is 0 Å². The predicted octanol–water partition coefficient (Wildman–Crippen LogP) is 2.37. The first-order chi connectivity index (χ1) is 7.85. The maximum absolute atomic E-state index is 5.88. The van der Waals surface area contributed by atoms with Gasteiger partial charge < -0.3 is 11.1 Å². The average molecular weight is 254 g/mol. The van der Waals surface area contributed by atoms with Gasteiger partial charge in [-0.25, -0.2) is 4.98 Å². The summed E-state index contributed by atoms with van der Waals surface area (Å²) in [7, 11) is 0. The molecule has 1 aromatic rings. The molecule has 0 bridgehead atoms. The minimum Gasteiger partial charge on any atom is -0.354 e. The fraction of sp³-hybridized carbons (Fsp3) is 0.833. The summed E-state index contributed by atoms with van der Waals surface area (Å²) >= 11 is 1.44. The molecule has 17 heavy (non-hydrogen) atoms. The monoisotopic (exact) mass is 254 g/mol. The molecule has 96 valence electrons. The molecular formula is C12H22N4S. The first-order valence-electron chi connectivity index (χ1n) is 6.17. The molecule has 1 unspecified atom stereocenters. The van der Waals surface area contributed by atoms with Crippen LogP contribution < -0.4 is 11.1 Å². The van der Waals surface area contributed by atoms with Crippen molar-refractivity contribution in [1.29, 1.82) is 0 Å². The lowest BCUT2D eigenvalue weighted by molar-refractivity contribution is 0.458. The smallest absolute Gasteiger partial charge is 0.203 e. The standard InChI is InChI=1S/C12H22N4S/c1-11(2,3)9-14-10(17-16-9)15-12(4,7-13)8-5-6-8/h8H,5-7,13H2,1-4H3,(H,14,15,16). The van der Waals surface area contributed by atoms with E-state index < -0.39 is 0 Å². The van der Waals surface area contributed by atoms with E-state index in [4.69, 9.17) is 5.73 Å². The van der Waals surface area contributed by atoms with E-state index in [1.54, 1.807) is 0 Å². The molecule has 3 N–H and O–H groups in total. The third kappa shape index (κ3) is 2.77. The van der Waals surface area contributed by atoms with Crippen LogP contribution >= 0.6 is 11.5 Å². The molecule has 0 aromatic carbocycles. The van der Waals surface area contributed by atoms with Gasteiger partial charge in [0.25, 0.3) is 0 Å². The Morgan fingerprint density at radius 2 is 2.00 bits per heavy atom. The third-order valence-electron chi connectivity index (χ3n) is 3.39. The Morgan fingerprint density at radius 1 is 1.35 bits per heavy atom. The van der Waals surface area contributed by atoms with Gasteiger partial charge in [-0.15, -0.1) is 0 Å². The number of hydrogen-bond acceptors (Lipinski definition) is 5. The largest absolute Gasteiger partial charge is 0.354 e. The second-order valence-electron chi connectivity index (χ2n) is 6.19. The highest BCUT2D eigenvalue weighted by molar-refractivity contribution is 7.09. The molecule has 1 heterocycles. The first kappa shape index (κ1) is 12.8. The summed E-state index contributed by atoms with van der Waals surface area (Å²) in [6, 6.07) is 0. The highest BCUT2D eigenvalue weighted by Gasteiger charge is 2.41. The van der Waals surface area contributed by atoms with Crippen molar-refractivity contribution in [2.45, 2.75) is 51.5 Å². The molecule has 1 saturated carbocycles. The molecule has 0 aliphatic heterocycles. The minimum absolute atomic E-state index is 0.00905. The molecule has 2 rings (SSSR count). The quantitative estimate of drug-likeness (QED) is 0.866. The number of hydrogen-bond donors (Lipinski definition) is 2. The molecule has 1 aliphatic carbocycles. The lowest BCUT2D eigenvalue weighted by Crippen LogP contribution is -2.44. The van der Waals surface area contributed by atoms with E-state index in [2.05, 4.69) is 42.4 Å². The van der Waals surface area contributed by atoms with Crippen LogP contribution in [0, 0.1) is 5.92 Å². The van der Waals surface area contributed by atoms with E-state index in [0.29, 0.717) is 12.5 Å². The second-order valence-corrected chi connectivity index (χ2v) is 6.95. The van der Waals surface area contributed by atoms with Crippen LogP contribution in [0.4, 0.5) is 5.13 Å². The van der Waals surface area contributed by atoms with Gasteiger partial charge in [-0.3, -0.25) is 0 Å². The lowest BCUT2D eigenvalue weighted by atomic mass is 9.96. The Labute approximate surface area is 107 Å². The number of anilines is 1. The molecule has 1 aromatic heterocycles. The minimum atomic E-state index is -0.0192. The van der Waals surface area contributed by atoms with Gasteiger partial charge in [0.15, 0.2) is 0 Å². The fourth-order valence-electron chi connectivity index (χ4n) is 1.86. The molecule has 0 spiro atoms. The van der Waals surface area contributed by atoms with E-state index >= 15 is 0 Å². The molecule has 1 atom stereocenters. The number of nitrogens with zero attached hydrogens (tertiary/aromatic N) is 2.